The minimum atomic E-state index is -0.137. The predicted molar refractivity (Wildman–Crippen MR) is 127 cm³/mol. The smallest absolute Gasteiger partial charge is 0.244 e. The number of nitrogens with one attached hydrogen (secondary N) is 1. The van der Waals surface area contributed by atoms with Gasteiger partial charge in [-0.2, -0.15) is 0 Å². The van der Waals surface area contributed by atoms with E-state index in [4.69, 9.17) is 18.6 Å². The minimum absolute atomic E-state index is 0.137. The van der Waals surface area contributed by atoms with Gasteiger partial charge in [-0.05, 0) is 56.5 Å². The van der Waals surface area contributed by atoms with Crippen LogP contribution in [0.1, 0.15) is 32.8 Å². The summed E-state index contributed by atoms with van der Waals surface area (Å²) < 4.78 is 22.4. The van der Waals surface area contributed by atoms with Crippen LogP contribution in [0.5, 0.6) is 11.5 Å². The fraction of sp³-hybridized carbons (Fsp3) is 0.346. The lowest BCUT2D eigenvalue weighted by Crippen LogP contribution is -2.23. The van der Waals surface area contributed by atoms with Crippen LogP contribution in [0.25, 0.3) is 27.7 Å². The highest BCUT2D eigenvalue weighted by Gasteiger charge is 2.15. The maximum atomic E-state index is 12.4. The van der Waals surface area contributed by atoms with Crippen molar-refractivity contribution in [2.75, 3.05) is 33.5 Å². The maximum Gasteiger partial charge on any atom is 0.244 e. The van der Waals surface area contributed by atoms with Crippen molar-refractivity contribution in [3.63, 3.8) is 0 Å². The molecule has 0 radical (unpaired) electrons. The monoisotopic (exact) mass is 437 g/mol. The minimum Gasteiger partial charge on any atom is -0.497 e. The SMILES string of the molecule is CCOCCCNC(=O)/C=C(\C)c1cc2c(-c3cccc(OC)c3)coc2cc1OCC. The van der Waals surface area contributed by atoms with Crippen molar-refractivity contribution in [2.45, 2.75) is 27.2 Å². The molecule has 0 bridgehead atoms. The molecule has 0 unspecified atom stereocenters. The molecule has 0 aliphatic rings. The van der Waals surface area contributed by atoms with E-state index in [2.05, 4.69) is 5.32 Å². The second-order valence-corrected chi connectivity index (χ2v) is 7.33. The number of benzene rings is 2. The Hall–Kier alpha value is -3.25. The number of hydrogen-bond donors (Lipinski definition) is 1. The van der Waals surface area contributed by atoms with Crippen LogP contribution in [-0.2, 0) is 9.53 Å². The van der Waals surface area contributed by atoms with Crippen LogP contribution in [0.3, 0.4) is 0 Å². The zero-order chi connectivity index (χ0) is 22.9. The number of hydrogen-bond acceptors (Lipinski definition) is 5. The number of methoxy groups -OCH3 is 1. The summed E-state index contributed by atoms with van der Waals surface area (Å²) in [6.07, 6.45) is 4.13. The number of furan rings is 1. The van der Waals surface area contributed by atoms with Crippen molar-refractivity contribution >= 4 is 22.4 Å². The van der Waals surface area contributed by atoms with E-state index in [1.807, 2.05) is 57.2 Å². The van der Waals surface area contributed by atoms with Crippen molar-refractivity contribution < 1.29 is 23.4 Å². The first kappa shape index (κ1) is 23.4. The first-order chi connectivity index (χ1) is 15.6. The van der Waals surface area contributed by atoms with Gasteiger partial charge in [0.1, 0.15) is 17.1 Å². The molecule has 6 nitrogen and oxygen atoms in total. The third-order valence-corrected chi connectivity index (χ3v) is 5.10. The number of ether oxygens (including phenoxy) is 3. The highest BCUT2D eigenvalue weighted by Crippen LogP contribution is 2.38. The largest absolute Gasteiger partial charge is 0.497 e. The van der Waals surface area contributed by atoms with Crippen molar-refractivity contribution in [3.05, 3.63) is 54.3 Å². The molecule has 0 atom stereocenters. The van der Waals surface area contributed by atoms with Crippen LogP contribution < -0.4 is 14.8 Å². The van der Waals surface area contributed by atoms with Gasteiger partial charge < -0.3 is 23.9 Å². The fourth-order valence-corrected chi connectivity index (χ4v) is 3.51. The molecule has 0 aliphatic carbocycles. The number of rotatable bonds is 11. The molecule has 2 aromatic carbocycles. The van der Waals surface area contributed by atoms with E-state index in [-0.39, 0.29) is 5.91 Å². The van der Waals surface area contributed by atoms with E-state index in [1.165, 1.54) is 0 Å². The molecule has 170 valence electrons. The van der Waals surface area contributed by atoms with E-state index in [9.17, 15) is 4.79 Å². The number of fused-ring (bicyclic) bond motifs is 1. The molecule has 0 saturated carbocycles. The van der Waals surface area contributed by atoms with Gasteiger partial charge in [0.05, 0.1) is 20.0 Å². The molecule has 0 fully saturated rings. The Labute approximate surface area is 189 Å². The molecule has 6 heteroatoms. The molecule has 1 N–H and O–H groups in total. The summed E-state index contributed by atoms with van der Waals surface area (Å²) in [5, 5.41) is 3.85. The Morgan fingerprint density at radius 2 is 2.00 bits per heavy atom. The summed E-state index contributed by atoms with van der Waals surface area (Å²) in [6, 6.07) is 11.7. The van der Waals surface area contributed by atoms with Crippen molar-refractivity contribution in [1.82, 2.24) is 5.32 Å². The van der Waals surface area contributed by atoms with Gasteiger partial charge in [0, 0.05) is 48.4 Å². The normalized spacial score (nSPS) is 11.6. The van der Waals surface area contributed by atoms with Crippen molar-refractivity contribution in [2.24, 2.45) is 0 Å². The third-order valence-electron chi connectivity index (χ3n) is 5.10. The summed E-state index contributed by atoms with van der Waals surface area (Å²) >= 11 is 0. The lowest BCUT2D eigenvalue weighted by atomic mass is 9.99. The number of amides is 1. The molecular weight excluding hydrogens is 406 g/mol. The molecule has 3 aromatic rings. The van der Waals surface area contributed by atoms with Gasteiger partial charge in [-0.1, -0.05) is 12.1 Å². The number of allylic oxidation sites excluding steroid dienone is 1. The van der Waals surface area contributed by atoms with Crippen LogP contribution in [0, 0.1) is 0 Å². The van der Waals surface area contributed by atoms with Gasteiger partial charge in [0.2, 0.25) is 5.91 Å². The van der Waals surface area contributed by atoms with Crippen LogP contribution in [0.15, 0.2) is 53.2 Å². The van der Waals surface area contributed by atoms with Gasteiger partial charge in [-0.25, -0.2) is 0 Å². The van der Waals surface area contributed by atoms with Gasteiger partial charge in [-0.15, -0.1) is 0 Å². The zero-order valence-corrected chi connectivity index (χ0v) is 19.2. The summed E-state index contributed by atoms with van der Waals surface area (Å²) in [5.74, 6) is 1.33. The molecule has 0 spiro atoms. The molecule has 3 rings (SSSR count). The third kappa shape index (κ3) is 5.71. The maximum absolute atomic E-state index is 12.4. The van der Waals surface area contributed by atoms with Crippen LogP contribution in [0.2, 0.25) is 0 Å². The molecule has 32 heavy (non-hydrogen) atoms. The fourth-order valence-electron chi connectivity index (χ4n) is 3.51. The Kier molecular flexibility index (Phi) is 8.34. The molecule has 1 heterocycles. The predicted octanol–water partition coefficient (Wildman–Crippen LogP) is 5.45. The van der Waals surface area contributed by atoms with Crippen molar-refractivity contribution in [1.29, 1.82) is 0 Å². The van der Waals surface area contributed by atoms with E-state index >= 15 is 0 Å². The van der Waals surface area contributed by atoms with Crippen LogP contribution in [-0.4, -0.2) is 39.4 Å². The number of carbonyl (C=O) groups is 1. The zero-order valence-electron chi connectivity index (χ0n) is 19.2. The molecule has 1 aromatic heterocycles. The second kappa shape index (κ2) is 11.4. The lowest BCUT2D eigenvalue weighted by Gasteiger charge is -2.12. The Morgan fingerprint density at radius 3 is 2.75 bits per heavy atom. The molecule has 1 amide bonds. The molecule has 0 saturated heterocycles. The van der Waals surface area contributed by atoms with Crippen LogP contribution >= 0.6 is 0 Å². The first-order valence-electron chi connectivity index (χ1n) is 10.9. The van der Waals surface area contributed by atoms with E-state index in [0.717, 1.165) is 45.4 Å². The van der Waals surface area contributed by atoms with E-state index < -0.39 is 0 Å². The van der Waals surface area contributed by atoms with Crippen LogP contribution in [0.4, 0.5) is 0 Å². The van der Waals surface area contributed by atoms with E-state index in [1.54, 1.807) is 19.4 Å². The highest BCUT2D eigenvalue weighted by atomic mass is 16.5. The average molecular weight is 438 g/mol. The number of carbonyl (C=O) groups excluding carboxylic acids is 1. The highest BCUT2D eigenvalue weighted by molar-refractivity contribution is 6.00. The summed E-state index contributed by atoms with van der Waals surface area (Å²) in [6.45, 7) is 8.20. The lowest BCUT2D eigenvalue weighted by molar-refractivity contribution is -0.116. The quantitative estimate of drug-likeness (QED) is 0.319. The Bertz CT molecular complexity index is 1080. The topological polar surface area (TPSA) is 69.9 Å². The van der Waals surface area contributed by atoms with Crippen molar-refractivity contribution in [3.8, 4) is 22.6 Å². The Morgan fingerprint density at radius 1 is 1.16 bits per heavy atom. The van der Waals surface area contributed by atoms with E-state index in [0.29, 0.717) is 32.1 Å². The first-order valence-corrected chi connectivity index (χ1v) is 10.9. The second-order valence-electron chi connectivity index (χ2n) is 7.33. The molecule has 0 aliphatic heterocycles. The van der Waals surface area contributed by atoms with Gasteiger partial charge in [0.15, 0.2) is 0 Å². The Balaban J connectivity index is 1.92. The summed E-state index contributed by atoms with van der Waals surface area (Å²) in [5.41, 5.74) is 4.34. The van der Waals surface area contributed by atoms with Gasteiger partial charge in [0.25, 0.3) is 0 Å². The standard InChI is InChI=1S/C26H31NO5/c1-5-30-12-8-11-27-26(28)13-18(3)21-15-22-23(19-9-7-10-20(14-19)29-4)17-32-25(22)16-24(21)31-6-2/h7,9-10,13-17H,5-6,8,11-12H2,1-4H3,(H,27,28)/b18-13+. The van der Waals surface area contributed by atoms with Gasteiger partial charge in [-0.3, -0.25) is 4.79 Å². The summed E-state index contributed by atoms with van der Waals surface area (Å²) in [4.78, 5) is 12.4. The van der Waals surface area contributed by atoms with Gasteiger partial charge >= 0.3 is 0 Å². The summed E-state index contributed by atoms with van der Waals surface area (Å²) in [7, 11) is 1.65. The average Bonchev–Trinajstić information content (AvgIpc) is 3.21. The molecular formula is C26H31NO5.